The van der Waals surface area contributed by atoms with Crippen molar-refractivity contribution in [1.82, 2.24) is 4.90 Å². The van der Waals surface area contributed by atoms with Gasteiger partial charge in [0.05, 0.1) is 39.9 Å². The van der Waals surface area contributed by atoms with E-state index in [-0.39, 0.29) is 30.9 Å². The number of carbonyl (C=O) groups excluding carboxylic acids is 3. The molecule has 2 bridgehead atoms. The molecule has 3 aliphatic rings. The second-order valence-corrected chi connectivity index (χ2v) is 14.0. The van der Waals surface area contributed by atoms with E-state index in [1.54, 1.807) is 51.6 Å². The topological polar surface area (TPSA) is 81.2 Å². The maximum absolute atomic E-state index is 14.8. The van der Waals surface area contributed by atoms with Gasteiger partial charge in [-0.1, -0.05) is 54.1 Å². The zero-order chi connectivity index (χ0) is 30.4. The summed E-state index contributed by atoms with van der Waals surface area (Å²) in [5.74, 6) is -2.05. The quantitative estimate of drug-likeness (QED) is 0.373. The molecule has 2 aromatic rings. The van der Waals surface area contributed by atoms with Gasteiger partial charge in [-0.15, -0.1) is 24.9 Å². The molecule has 7 nitrogen and oxygen atoms in total. The van der Waals surface area contributed by atoms with Gasteiger partial charge in [-0.3, -0.25) is 14.4 Å². The lowest BCUT2D eigenvalue weighted by Crippen LogP contribution is -2.57. The lowest BCUT2D eigenvalue weighted by atomic mass is 9.66. The number of benzene rings is 2. The van der Waals surface area contributed by atoms with Gasteiger partial charge in [0.15, 0.2) is 0 Å². The molecule has 5 rings (SSSR count). The molecule has 3 saturated heterocycles. The first-order valence-electron chi connectivity index (χ1n) is 14.3. The Labute approximate surface area is 257 Å². The summed E-state index contributed by atoms with van der Waals surface area (Å²) in [5, 5.41) is 10.7. The van der Waals surface area contributed by atoms with E-state index in [0.29, 0.717) is 30.1 Å². The highest BCUT2D eigenvalue weighted by molar-refractivity contribution is 8.02. The minimum absolute atomic E-state index is 0.148. The third kappa shape index (κ3) is 4.59. The first-order chi connectivity index (χ1) is 20.1. The zero-order valence-electron chi connectivity index (χ0n) is 24.3. The molecule has 2 aromatic carbocycles. The Morgan fingerprint density at radius 2 is 1.76 bits per heavy atom. The number of halogens is 1. The molecule has 222 valence electrons. The summed E-state index contributed by atoms with van der Waals surface area (Å²) >= 11 is 8.26. The van der Waals surface area contributed by atoms with Crippen molar-refractivity contribution < 1.29 is 19.5 Å². The predicted octanol–water partition coefficient (Wildman–Crippen LogP) is 5.25. The first kappa shape index (κ1) is 30.4. The Bertz CT molecular complexity index is 1400. The molecule has 3 heterocycles. The van der Waals surface area contributed by atoms with Crippen molar-refractivity contribution in [1.29, 1.82) is 0 Å². The molecule has 2 unspecified atom stereocenters. The largest absolute Gasteiger partial charge is 0.394 e. The van der Waals surface area contributed by atoms with Crippen LogP contribution in [0.1, 0.15) is 32.3 Å². The van der Waals surface area contributed by atoms with Gasteiger partial charge < -0.3 is 19.8 Å². The summed E-state index contributed by atoms with van der Waals surface area (Å²) in [6, 6.07) is 13.4. The second kappa shape index (κ2) is 11.5. The van der Waals surface area contributed by atoms with E-state index in [4.69, 9.17) is 11.6 Å². The molecular weight excluding hydrogens is 570 g/mol. The third-order valence-electron chi connectivity index (χ3n) is 9.14. The molecule has 1 N–H and O–H groups in total. The molecule has 0 aliphatic carbocycles. The van der Waals surface area contributed by atoms with Gasteiger partial charge in [0, 0.05) is 23.5 Å². The fourth-order valence-electron chi connectivity index (χ4n) is 7.34. The van der Waals surface area contributed by atoms with Crippen molar-refractivity contribution in [3.05, 3.63) is 84.4 Å². The Morgan fingerprint density at radius 3 is 2.38 bits per heavy atom. The number of aryl methyl sites for hydroxylation is 1. The second-order valence-electron chi connectivity index (χ2n) is 11.7. The predicted molar refractivity (Wildman–Crippen MR) is 170 cm³/mol. The molecule has 0 aromatic heterocycles. The molecule has 3 aliphatic heterocycles. The van der Waals surface area contributed by atoms with Crippen LogP contribution >= 0.6 is 23.4 Å². The van der Waals surface area contributed by atoms with E-state index in [1.165, 1.54) is 0 Å². The standard InChI is InChI=1S/C33H38ClN3O4S/c1-6-18-35(23-13-9-8-10-14-23)29(39)25-26-30(40)37(22(4)20-38)28(33(26)17-16-32(25,5)42-33)31(41)36(19-7-2)27-21(3)12-11-15-24(27)34/h6-15,22,25-26,28,38H,1-2,16-20H2,3-5H3/t22-,25-,26+,28?,32+,33?/m1/s1. The lowest BCUT2D eigenvalue weighted by molar-refractivity contribution is -0.142. The van der Waals surface area contributed by atoms with Gasteiger partial charge in [-0.2, -0.15) is 0 Å². The maximum atomic E-state index is 14.8. The molecular formula is C33H38ClN3O4S. The number of hydrogen-bond donors (Lipinski definition) is 1. The van der Waals surface area contributed by atoms with Gasteiger partial charge in [-0.25, -0.2) is 0 Å². The third-order valence-corrected chi connectivity index (χ3v) is 11.4. The number of thioether (sulfide) groups is 1. The summed E-state index contributed by atoms with van der Waals surface area (Å²) < 4.78 is -1.37. The number of likely N-dealkylation sites (tertiary alicyclic amines) is 1. The summed E-state index contributed by atoms with van der Waals surface area (Å²) in [6.45, 7) is 13.6. The number of aliphatic hydroxyl groups is 1. The van der Waals surface area contributed by atoms with Gasteiger partial charge >= 0.3 is 0 Å². The van der Waals surface area contributed by atoms with Gasteiger partial charge in [0.25, 0.3) is 5.91 Å². The summed E-state index contributed by atoms with van der Waals surface area (Å²) in [5.41, 5.74) is 2.13. The Hall–Kier alpha value is -3.07. The minimum atomic E-state index is -0.887. The van der Waals surface area contributed by atoms with E-state index in [2.05, 4.69) is 20.1 Å². The average molecular weight is 608 g/mol. The normalized spacial score (nSPS) is 28.4. The Kier molecular flexibility index (Phi) is 8.36. The van der Waals surface area contributed by atoms with Crippen LogP contribution in [-0.4, -0.2) is 69.0 Å². The van der Waals surface area contributed by atoms with Gasteiger partial charge in [-0.05, 0) is 57.4 Å². The van der Waals surface area contributed by atoms with Crippen LogP contribution in [0.5, 0.6) is 0 Å². The highest BCUT2D eigenvalue weighted by Crippen LogP contribution is 2.72. The van der Waals surface area contributed by atoms with Crippen molar-refractivity contribution in [3.8, 4) is 0 Å². The number of para-hydroxylation sites is 2. The van der Waals surface area contributed by atoms with Crippen LogP contribution < -0.4 is 9.80 Å². The number of fused-ring (bicyclic) bond motifs is 1. The van der Waals surface area contributed by atoms with Crippen LogP contribution in [0.3, 0.4) is 0 Å². The van der Waals surface area contributed by atoms with Crippen LogP contribution in [0.25, 0.3) is 0 Å². The fraction of sp³-hybridized carbons (Fsp3) is 0.424. The molecule has 3 amide bonds. The lowest BCUT2D eigenvalue weighted by Gasteiger charge is -2.39. The Morgan fingerprint density at radius 1 is 1.10 bits per heavy atom. The zero-order valence-corrected chi connectivity index (χ0v) is 25.9. The van der Waals surface area contributed by atoms with E-state index in [1.807, 2.05) is 49.4 Å². The van der Waals surface area contributed by atoms with Crippen LogP contribution in [0.4, 0.5) is 11.4 Å². The van der Waals surface area contributed by atoms with Crippen molar-refractivity contribution in [2.45, 2.75) is 55.2 Å². The molecule has 0 radical (unpaired) electrons. The number of nitrogens with zero attached hydrogens (tertiary/aromatic N) is 3. The Balaban J connectivity index is 1.63. The smallest absolute Gasteiger partial charge is 0.251 e. The number of anilines is 2. The molecule has 3 fully saturated rings. The number of carbonyl (C=O) groups is 3. The van der Waals surface area contributed by atoms with Gasteiger partial charge in [0.1, 0.15) is 6.04 Å². The average Bonchev–Trinajstić information content (AvgIpc) is 3.55. The van der Waals surface area contributed by atoms with Crippen LogP contribution in [0.2, 0.25) is 5.02 Å². The number of hydrogen-bond acceptors (Lipinski definition) is 5. The monoisotopic (exact) mass is 607 g/mol. The van der Waals surface area contributed by atoms with Crippen molar-refractivity contribution in [2.24, 2.45) is 11.8 Å². The summed E-state index contributed by atoms with van der Waals surface area (Å²) in [6.07, 6.45) is 4.62. The van der Waals surface area contributed by atoms with E-state index in [9.17, 15) is 19.5 Å². The molecule has 0 saturated carbocycles. The molecule has 42 heavy (non-hydrogen) atoms. The maximum Gasteiger partial charge on any atom is 0.251 e. The van der Waals surface area contributed by atoms with E-state index < -0.39 is 33.4 Å². The summed E-state index contributed by atoms with van der Waals surface area (Å²) in [7, 11) is 0. The highest BCUT2D eigenvalue weighted by atomic mass is 35.5. The number of rotatable bonds is 10. The van der Waals surface area contributed by atoms with Crippen molar-refractivity contribution >= 4 is 52.5 Å². The highest BCUT2D eigenvalue weighted by Gasteiger charge is 2.78. The van der Waals surface area contributed by atoms with Crippen LogP contribution in [0, 0.1) is 18.8 Å². The molecule has 6 atom stereocenters. The van der Waals surface area contributed by atoms with E-state index in [0.717, 1.165) is 11.3 Å². The molecule has 9 heteroatoms. The van der Waals surface area contributed by atoms with E-state index >= 15 is 0 Å². The van der Waals surface area contributed by atoms with Crippen molar-refractivity contribution in [2.75, 3.05) is 29.5 Å². The fourth-order valence-corrected chi connectivity index (χ4v) is 10.00. The van der Waals surface area contributed by atoms with Gasteiger partial charge in [0.2, 0.25) is 11.8 Å². The minimum Gasteiger partial charge on any atom is -0.394 e. The van der Waals surface area contributed by atoms with Crippen LogP contribution in [0.15, 0.2) is 73.8 Å². The van der Waals surface area contributed by atoms with Crippen LogP contribution in [-0.2, 0) is 14.4 Å². The number of amides is 3. The summed E-state index contributed by atoms with van der Waals surface area (Å²) in [4.78, 5) is 48.7. The first-order valence-corrected chi connectivity index (χ1v) is 15.5. The van der Waals surface area contributed by atoms with Crippen molar-refractivity contribution in [3.63, 3.8) is 0 Å². The SMILES string of the molecule is C=CCN(C(=O)[C@H]1[C@H]2C(=O)N([C@H](C)CO)C(C(=O)N(CC=C)c3c(C)cccc3Cl)C23CC[C@]1(C)S3)c1ccccc1. The number of aliphatic hydroxyl groups excluding tert-OH is 1. The molecule has 1 spiro atoms.